The second-order valence-corrected chi connectivity index (χ2v) is 6.89. The maximum Gasteiger partial charge on any atom is 0.191 e. The van der Waals surface area contributed by atoms with Gasteiger partial charge >= 0.3 is 0 Å². The molecule has 1 saturated heterocycles. The topological polar surface area (TPSA) is 59.9 Å². The van der Waals surface area contributed by atoms with Crippen LogP contribution in [-0.2, 0) is 0 Å². The monoisotopic (exact) mass is 346 g/mol. The first kappa shape index (κ1) is 19.6. The molecule has 25 heavy (non-hydrogen) atoms. The predicted molar refractivity (Wildman–Crippen MR) is 106 cm³/mol. The quantitative estimate of drug-likeness (QED) is 0.525. The molecule has 0 saturated carbocycles. The summed E-state index contributed by atoms with van der Waals surface area (Å²) in [4.78, 5) is 7.07. The third kappa shape index (κ3) is 5.92. The molecular weight excluding hydrogens is 312 g/mol. The maximum atomic E-state index is 10.5. The summed E-state index contributed by atoms with van der Waals surface area (Å²) in [6.45, 7) is 9.42. The van der Waals surface area contributed by atoms with Crippen LogP contribution in [0.3, 0.4) is 0 Å². The van der Waals surface area contributed by atoms with Gasteiger partial charge in [0.2, 0.25) is 0 Å². The predicted octanol–water partition coefficient (Wildman–Crippen LogP) is 2.76. The van der Waals surface area contributed by atoms with E-state index in [1.54, 1.807) is 0 Å². The van der Waals surface area contributed by atoms with Gasteiger partial charge in [0.05, 0.1) is 12.1 Å². The normalized spacial score (nSPS) is 19.0. The minimum Gasteiger partial charge on any atom is -0.388 e. The molecule has 0 aromatic heterocycles. The highest BCUT2D eigenvalue weighted by atomic mass is 16.3. The van der Waals surface area contributed by atoms with E-state index in [4.69, 9.17) is 0 Å². The SMILES string of the molecule is CCNC(=NCC(O)(CC)CC)NC1CCCN(c2ccccc2)C1. The van der Waals surface area contributed by atoms with E-state index < -0.39 is 5.60 Å². The molecule has 1 fully saturated rings. The molecule has 0 bridgehead atoms. The molecule has 0 spiro atoms. The van der Waals surface area contributed by atoms with Crippen molar-refractivity contribution in [1.29, 1.82) is 0 Å². The number of hydrogen-bond acceptors (Lipinski definition) is 3. The second kappa shape index (κ2) is 9.66. The number of hydrogen-bond donors (Lipinski definition) is 3. The number of nitrogens with zero attached hydrogens (tertiary/aromatic N) is 2. The van der Waals surface area contributed by atoms with Crippen LogP contribution in [0.5, 0.6) is 0 Å². The van der Waals surface area contributed by atoms with Crippen molar-refractivity contribution >= 4 is 11.6 Å². The number of guanidine groups is 1. The molecule has 5 nitrogen and oxygen atoms in total. The number of aliphatic hydroxyl groups is 1. The Morgan fingerprint density at radius 2 is 1.96 bits per heavy atom. The Hall–Kier alpha value is -1.75. The Labute approximate surface area is 152 Å². The zero-order valence-electron chi connectivity index (χ0n) is 16.0. The zero-order chi connectivity index (χ0) is 18.1. The lowest BCUT2D eigenvalue weighted by Crippen LogP contribution is -2.51. The van der Waals surface area contributed by atoms with E-state index >= 15 is 0 Å². The largest absolute Gasteiger partial charge is 0.388 e. The summed E-state index contributed by atoms with van der Waals surface area (Å²) in [5.41, 5.74) is 0.577. The van der Waals surface area contributed by atoms with Gasteiger partial charge in [0.15, 0.2) is 5.96 Å². The lowest BCUT2D eigenvalue weighted by atomic mass is 9.98. The fraction of sp³-hybridized carbons (Fsp3) is 0.650. The number of rotatable bonds is 7. The summed E-state index contributed by atoms with van der Waals surface area (Å²) in [5, 5.41) is 17.3. The van der Waals surface area contributed by atoms with Gasteiger partial charge < -0.3 is 20.6 Å². The van der Waals surface area contributed by atoms with Crippen molar-refractivity contribution in [2.24, 2.45) is 4.99 Å². The Morgan fingerprint density at radius 1 is 1.24 bits per heavy atom. The van der Waals surface area contributed by atoms with Gasteiger partial charge in [-0.25, -0.2) is 0 Å². The van der Waals surface area contributed by atoms with E-state index in [1.807, 2.05) is 13.8 Å². The first-order valence-electron chi connectivity index (χ1n) is 9.67. The van der Waals surface area contributed by atoms with E-state index in [-0.39, 0.29) is 0 Å². The summed E-state index contributed by atoms with van der Waals surface area (Å²) >= 11 is 0. The van der Waals surface area contributed by atoms with Crippen molar-refractivity contribution in [3.8, 4) is 0 Å². The fourth-order valence-corrected chi connectivity index (χ4v) is 3.18. The van der Waals surface area contributed by atoms with E-state index in [9.17, 15) is 5.11 Å². The van der Waals surface area contributed by atoms with Crippen molar-refractivity contribution in [1.82, 2.24) is 10.6 Å². The van der Waals surface area contributed by atoms with Crippen LogP contribution in [0.25, 0.3) is 0 Å². The van der Waals surface area contributed by atoms with Gasteiger partial charge in [0, 0.05) is 31.4 Å². The number of piperidine rings is 1. The summed E-state index contributed by atoms with van der Waals surface area (Å²) < 4.78 is 0. The van der Waals surface area contributed by atoms with Gasteiger partial charge in [-0.05, 0) is 44.7 Å². The molecule has 1 aromatic carbocycles. The molecule has 140 valence electrons. The van der Waals surface area contributed by atoms with Crippen molar-refractivity contribution in [2.75, 3.05) is 31.1 Å². The molecule has 5 heteroatoms. The summed E-state index contributed by atoms with van der Waals surface area (Å²) in [5.74, 6) is 0.808. The number of aliphatic imine (C=N–C) groups is 1. The lowest BCUT2D eigenvalue weighted by molar-refractivity contribution is 0.0417. The fourth-order valence-electron chi connectivity index (χ4n) is 3.18. The highest BCUT2D eigenvalue weighted by Crippen LogP contribution is 2.19. The smallest absolute Gasteiger partial charge is 0.191 e. The standard InChI is InChI=1S/C20H34N4O/c1-4-20(25,5-2)16-22-19(21-6-3)23-17-11-10-14-24(15-17)18-12-8-7-9-13-18/h7-9,12-13,17,25H,4-6,10-11,14-16H2,1-3H3,(H2,21,22,23). The Morgan fingerprint density at radius 3 is 2.60 bits per heavy atom. The molecule has 1 heterocycles. The molecule has 0 amide bonds. The van der Waals surface area contributed by atoms with Crippen LogP contribution in [0.4, 0.5) is 5.69 Å². The molecule has 1 atom stereocenters. The maximum absolute atomic E-state index is 10.5. The van der Waals surface area contributed by atoms with Crippen LogP contribution >= 0.6 is 0 Å². The molecule has 3 N–H and O–H groups in total. The zero-order valence-corrected chi connectivity index (χ0v) is 16.0. The highest BCUT2D eigenvalue weighted by molar-refractivity contribution is 5.80. The Kier molecular flexibility index (Phi) is 7.56. The van der Waals surface area contributed by atoms with E-state index in [0.29, 0.717) is 12.6 Å². The first-order chi connectivity index (χ1) is 12.1. The molecule has 0 radical (unpaired) electrons. The van der Waals surface area contributed by atoms with Crippen molar-refractivity contribution in [3.05, 3.63) is 30.3 Å². The number of anilines is 1. The molecule has 1 unspecified atom stereocenters. The summed E-state index contributed by atoms with van der Waals surface area (Å²) in [7, 11) is 0. The molecular formula is C20H34N4O. The van der Waals surface area contributed by atoms with Gasteiger partial charge in [-0.1, -0.05) is 32.0 Å². The molecule has 1 aliphatic rings. The first-order valence-corrected chi connectivity index (χ1v) is 9.67. The van der Waals surface area contributed by atoms with E-state index in [1.165, 1.54) is 12.1 Å². The molecule has 2 rings (SSSR count). The van der Waals surface area contributed by atoms with Crippen molar-refractivity contribution < 1.29 is 5.11 Å². The van der Waals surface area contributed by atoms with Gasteiger partial charge in [-0.3, -0.25) is 4.99 Å². The average molecular weight is 347 g/mol. The summed E-state index contributed by atoms with van der Waals surface area (Å²) in [6.07, 6.45) is 3.74. The van der Waals surface area contributed by atoms with Gasteiger partial charge in [-0.2, -0.15) is 0 Å². The second-order valence-electron chi connectivity index (χ2n) is 6.89. The van der Waals surface area contributed by atoms with E-state index in [0.717, 1.165) is 44.9 Å². The van der Waals surface area contributed by atoms with Gasteiger partial charge in [0.1, 0.15) is 0 Å². The van der Waals surface area contributed by atoms with E-state index in [2.05, 4.69) is 57.8 Å². The van der Waals surface area contributed by atoms with Crippen LogP contribution in [0.2, 0.25) is 0 Å². The third-order valence-electron chi connectivity index (χ3n) is 5.08. The van der Waals surface area contributed by atoms with Crippen LogP contribution < -0.4 is 15.5 Å². The lowest BCUT2D eigenvalue weighted by Gasteiger charge is -2.35. The van der Waals surface area contributed by atoms with Crippen LogP contribution in [0, 0.1) is 0 Å². The number of benzene rings is 1. The molecule has 1 aromatic rings. The van der Waals surface area contributed by atoms with Gasteiger partial charge in [0.25, 0.3) is 0 Å². The van der Waals surface area contributed by atoms with Crippen molar-refractivity contribution in [3.63, 3.8) is 0 Å². The average Bonchev–Trinajstić information content (AvgIpc) is 2.67. The molecule has 0 aliphatic carbocycles. The van der Waals surface area contributed by atoms with Crippen LogP contribution in [-0.4, -0.2) is 48.9 Å². The van der Waals surface area contributed by atoms with Crippen LogP contribution in [0.1, 0.15) is 46.5 Å². The third-order valence-corrected chi connectivity index (χ3v) is 5.08. The van der Waals surface area contributed by atoms with Crippen LogP contribution in [0.15, 0.2) is 35.3 Å². The van der Waals surface area contributed by atoms with Gasteiger partial charge in [-0.15, -0.1) is 0 Å². The number of nitrogens with one attached hydrogen (secondary N) is 2. The highest BCUT2D eigenvalue weighted by Gasteiger charge is 2.23. The Balaban J connectivity index is 1.98. The number of para-hydroxylation sites is 1. The molecule has 1 aliphatic heterocycles. The Bertz CT molecular complexity index is 528. The minimum atomic E-state index is -0.703. The van der Waals surface area contributed by atoms with Crippen molar-refractivity contribution in [2.45, 2.75) is 58.1 Å². The minimum absolute atomic E-state index is 0.364. The summed E-state index contributed by atoms with van der Waals surface area (Å²) in [6, 6.07) is 10.9.